The van der Waals surface area contributed by atoms with Crippen molar-refractivity contribution in [2.75, 3.05) is 19.6 Å². The maximum atomic E-state index is 13.1. The quantitative estimate of drug-likeness (QED) is 0.563. The van der Waals surface area contributed by atoms with Crippen LogP contribution in [0.25, 0.3) is 0 Å². The first-order valence-corrected chi connectivity index (χ1v) is 12.3. The van der Waals surface area contributed by atoms with Crippen molar-refractivity contribution in [1.29, 1.82) is 0 Å². The molecule has 7 heteroatoms. The maximum absolute atomic E-state index is 13.1. The van der Waals surface area contributed by atoms with E-state index >= 15 is 0 Å². The number of hydrogen-bond acceptors (Lipinski definition) is 4. The zero-order chi connectivity index (χ0) is 24.7. The highest BCUT2D eigenvalue weighted by molar-refractivity contribution is 5.99. The molecule has 0 bridgehead atoms. The topological polar surface area (TPSA) is 83.4 Å². The molecule has 1 atom stereocenters. The van der Waals surface area contributed by atoms with Crippen molar-refractivity contribution < 1.29 is 9.59 Å². The summed E-state index contributed by atoms with van der Waals surface area (Å²) < 4.78 is 1.79. The molecule has 1 aromatic carbocycles. The number of benzene rings is 1. The van der Waals surface area contributed by atoms with E-state index < -0.39 is 17.2 Å². The summed E-state index contributed by atoms with van der Waals surface area (Å²) in [6.07, 6.45) is 4.81. The zero-order valence-corrected chi connectivity index (χ0v) is 20.8. The molecule has 1 aromatic heterocycles. The van der Waals surface area contributed by atoms with Crippen molar-refractivity contribution in [3.8, 4) is 0 Å². The Morgan fingerprint density at radius 1 is 1.00 bits per heavy atom. The van der Waals surface area contributed by atoms with Crippen LogP contribution < -0.4 is 16.1 Å². The molecular formula is C27H38N4O3. The van der Waals surface area contributed by atoms with E-state index in [0.29, 0.717) is 24.9 Å². The molecule has 0 unspecified atom stereocenters. The van der Waals surface area contributed by atoms with E-state index in [9.17, 15) is 14.4 Å². The van der Waals surface area contributed by atoms with Gasteiger partial charge in [0, 0.05) is 51.2 Å². The number of amides is 2. The van der Waals surface area contributed by atoms with Crippen molar-refractivity contribution in [1.82, 2.24) is 20.1 Å². The van der Waals surface area contributed by atoms with Crippen molar-refractivity contribution in [2.45, 2.75) is 59.7 Å². The lowest BCUT2D eigenvalue weighted by atomic mass is 10.1. The molecule has 0 spiro atoms. The number of nitrogens with zero attached hydrogens (tertiary/aromatic N) is 2. The molecule has 0 aliphatic carbocycles. The van der Waals surface area contributed by atoms with E-state index in [1.54, 1.807) is 17.0 Å². The summed E-state index contributed by atoms with van der Waals surface area (Å²) in [4.78, 5) is 41.3. The number of aromatic nitrogens is 1. The summed E-state index contributed by atoms with van der Waals surface area (Å²) in [7, 11) is 0. The fourth-order valence-electron chi connectivity index (χ4n) is 4.25. The number of rotatable bonds is 10. The van der Waals surface area contributed by atoms with Gasteiger partial charge in [0.15, 0.2) is 0 Å². The third-order valence-corrected chi connectivity index (χ3v) is 6.01. The van der Waals surface area contributed by atoms with E-state index in [1.165, 1.54) is 5.56 Å². The standard InChI is InChI=1S/C27H38N4O3/c1-19(2)10-12-28-26(33)23-17-31(14-20(3)4)18-24(25(23)32)27(34)29-22-11-13-30(16-22)15-21-8-6-5-7-9-21/h5-9,17-20,22H,10-16H2,1-4H3,(H,28,33)(H,29,34)/t22-/m0/s1. The number of pyridine rings is 1. The Kier molecular flexibility index (Phi) is 9.05. The molecule has 2 aromatic rings. The minimum Gasteiger partial charge on any atom is -0.352 e. The summed E-state index contributed by atoms with van der Waals surface area (Å²) in [6, 6.07) is 10.2. The van der Waals surface area contributed by atoms with E-state index in [1.807, 2.05) is 18.2 Å². The van der Waals surface area contributed by atoms with Gasteiger partial charge in [-0.2, -0.15) is 0 Å². The van der Waals surface area contributed by atoms with E-state index in [4.69, 9.17) is 0 Å². The summed E-state index contributed by atoms with van der Waals surface area (Å²) >= 11 is 0. The Morgan fingerprint density at radius 3 is 2.32 bits per heavy atom. The average molecular weight is 467 g/mol. The first-order chi connectivity index (χ1) is 16.2. The van der Waals surface area contributed by atoms with E-state index in [0.717, 1.165) is 32.5 Å². The number of likely N-dealkylation sites (tertiary alicyclic amines) is 1. The van der Waals surface area contributed by atoms with Gasteiger partial charge >= 0.3 is 0 Å². The number of carbonyl (C=O) groups excluding carboxylic acids is 2. The molecule has 2 heterocycles. The van der Waals surface area contributed by atoms with Gasteiger partial charge in [-0.25, -0.2) is 0 Å². The fourth-order valence-corrected chi connectivity index (χ4v) is 4.25. The highest BCUT2D eigenvalue weighted by atomic mass is 16.2. The molecule has 184 valence electrons. The van der Waals surface area contributed by atoms with Gasteiger partial charge in [0.2, 0.25) is 5.43 Å². The summed E-state index contributed by atoms with van der Waals surface area (Å²) in [6.45, 7) is 11.8. The predicted molar refractivity (Wildman–Crippen MR) is 135 cm³/mol. The number of hydrogen-bond donors (Lipinski definition) is 2. The third kappa shape index (κ3) is 7.29. The van der Waals surface area contributed by atoms with Crippen LogP contribution in [-0.4, -0.2) is 47.0 Å². The van der Waals surface area contributed by atoms with Crippen LogP contribution in [0.2, 0.25) is 0 Å². The second kappa shape index (κ2) is 12.0. The third-order valence-electron chi connectivity index (χ3n) is 6.01. The first kappa shape index (κ1) is 25.7. The number of nitrogens with one attached hydrogen (secondary N) is 2. The highest BCUT2D eigenvalue weighted by Crippen LogP contribution is 2.14. The second-order valence-corrected chi connectivity index (χ2v) is 10.1. The summed E-state index contributed by atoms with van der Waals surface area (Å²) in [5, 5.41) is 5.86. The molecule has 1 saturated heterocycles. The smallest absolute Gasteiger partial charge is 0.257 e. The number of carbonyl (C=O) groups is 2. The van der Waals surface area contributed by atoms with Crippen LogP contribution >= 0.6 is 0 Å². The Bertz CT molecular complexity index is 1030. The lowest BCUT2D eigenvalue weighted by Crippen LogP contribution is -2.41. The van der Waals surface area contributed by atoms with Crippen LogP contribution in [-0.2, 0) is 13.1 Å². The van der Waals surface area contributed by atoms with Gasteiger partial charge in [0.1, 0.15) is 11.1 Å². The molecule has 2 N–H and O–H groups in total. The van der Waals surface area contributed by atoms with E-state index in [2.05, 4.69) is 55.4 Å². The molecule has 3 rings (SSSR count). The Hall–Kier alpha value is -2.93. The molecule has 0 saturated carbocycles. The zero-order valence-electron chi connectivity index (χ0n) is 20.8. The lowest BCUT2D eigenvalue weighted by molar-refractivity contribution is 0.0935. The van der Waals surface area contributed by atoms with Crippen molar-refractivity contribution in [2.24, 2.45) is 11.8 Å². The summed E-state index contributed by atoms with van der Waals surface area (Å²) in [5.74, 6) is -0.0851. The van der Waals surface area contributed by atoms with E-state index in [-0.39, 0.29) is 17.2 Å². The largest absolute Gasteiger partial charge is 0.352 e. The molecule has 1 aliphatic heterocycles. The monoisotopic (exact) mass is 466 g/mol. The van der Waals surface area contributed by atoms with Crippen molar-refractivity contribution in [3.63, 3.8) is 0 Å². The lowest BCUT2D eigenvalue weighted by Gasteiger charge is -2.18. The molecule has 1 aliphatic rings. The summed E-state index contributed by atoms with van der Waals surface area (Å²) in [5.41, 5.74) is 0.772. The minimum atomic E-state index is -0.515. The minimum absolute atomic E-state index is 0.0224. The highest BCUT2D eigenvalue weighted by Gasteiger charge is 2.26. The first-order valence-electron chi connectivity index (χ1n) is 12.3. The van der Waals surface area contributed by atoms with Gasteiger partial charge in [-0.05, 0) is 30.2 Å². The Labute approximate surface area is 202 Å². The van der Waals surface area contributed by atoms with Crippen LogP contribution in [0, 0.1) is 11.8 Å². The normalized spacial score (nSPS) is 16.2. The predicted octanol–water partition coefficient (Wildman–Crippen LogP) is 3.28. The molecule has 7 nitrogen and oxygen atoms in total. The Balaban J connectivity index is 1.72. The van der Waals surface area contributed by atoms with Crippen LogP contribution in [0.4, 0.5) is 0 Å². The van der Waals surface area contributed by atoms with Crippen molar-refractivity contribution >= 4 is 11.8 Å². The molecule has 1 fully saturated rings. The van der Waals surface area contributed by atoms with Gasteiger partial charge in [0.05, 0.1) is 0 Å². The Morgan fingerprint density at radius 2 is 1.68 bits per heavy atom. The fraction of sp³-hybridized carbons (Fsp3) is 0.519. The molecule has 34 heavy (non-hydrogen) atoms. The molecule has 0 radical (unpaired) electrons. The second-order valence-electron chi connectivity index (χ2n) is 10.1. The molecular weight excluding hydrogens is 428 g/mol. The van der Waals surface area contributed by atoms with Crippen LogP contribution in [0.5, 0.6) is 0 Å². The van der Waals surface area contributed by atoms with Gasteiger partial charge in [-0.15, -0.1) is 0 Å². The van der Waals surface area contributed by atoms with Gasteiger partial charge in [-0.3, -0.25) is 19.3 Å². The van der Waals surface area contributed by atoms with Crippen LogP contribution in [0.3, 0.4) is 0 Å². The SMILES string of the molecule is CC(C)CCNC(=O)c1cn(CC(C)C)cc(C(=O)N[C@H]2CCN(Cc3ccccc3)C2)c1=O. The van der Waals surface area contributed by atoms with Gasteiger partial charge in [-0.1, -0.05) is 58.0 Å². The maximum Gasteiger partial charge on any atom is 0.257 e. The van der Waals surface area contributed by atoms with Gasteiger partial charge in [0.25, 0.3) is 11.8 Å². The van der Waals surface area contributed by atoms with Crippen LogP contribution in [0.15, 0.2) is 47.5 Å². The molecule has 2 amide bonds. The average Bonchev–Trinajstić information content (AvgIpc) is 3.21. The van der Waals surface area contributed by atoms with Crippen LogP contribution in [0.1, 0.15) is 66.8 Å². The van der Waals surface area contributed by atoms with Gasteiger partial charge < -0.3 is 15.2 Å². The van der Waals surface area contributed by atoms with Crippen molar-refractivity contribution in [3.05, 3.63) is 69.6 Å².